The van der Waals surface area contributed by atoms with Crippen LogP contribution in [0.25, 0.3) is 0 Å². The molecule has 1 heterocycles. The summed E-state index contributed by atoms with van der Waals surface area (Å²) in [6, 6.07) is 4.24. The minimum Gasteiger partial charge on any atom is -0.356 e. The molecule has 1 aliphatic rings. The van der Waals surface area contributed by atoms with Gasteiger partial charge in [0.25, 0.3) is 5.91 Å². The smallest absolute Gasteiger partial charge is 0.258 e. The van der Waals surface area contributed by atoms with E-state index in [0.29, 0.717) is 26.1 Å². The van der Waals surface area contributed by atoms with E-state index in [4.69, 9.17) is 11.6 Å². The maximum absolute atomic E-state index is 13.9. The number of rotatable bonds is 5. The van der Waals surface area contributed by atoms with Crippen LogP contribution >= 0.6 is 11.6 Å². The molecule has 2 rings (SSSR count). The maximum Gasteiger partial charge on any atom is 0.258 e. The van der Waals surface area contributed by atoms with E-state index in [1.807, 2.05) is 6.92 Å². The van der Waals surface area contributed by atoms with Crippen LogP contribution in [-0.4, -0.2) is 36.3 Å². The lowest BCUT2D eigenvalue weighted by molar-refractivity contribution is -0.121. The van der Waals surface area contributed by atoms with Crippen LogP contribution in [0.4, 0.5) is 4.39 Å². The highest BCUT2D eigenvalue weighted by Gasteiger charge is 2.27. The summed E-state index contributed by atoms with van der Waals surface area (Å²) in [7, 11) is 0. The first-order chi connectivity index (χ1) is 11.0. The van der Waals surface area contributed by atoms with Crippen LogP contribution in [0.2, 0.25) is 5.02 Å². The van der Waals surface area contributed by atoms with Crippen LogP contribution < -0.4 is 5.32 Å². The minimum absolute atomic E-state index is 0.0353. The van der Waals surface area contributed by atoms with E-state index in [1.165, 1.54) is 18.2 Å². The molecule has 126 valence electrons. The molecule has 1 aliphatic heterocycles. The third kappa shape index (κ3) is 4.67. The lowest BCUT2D eigenvalue weighted by Gasteiger charge is -2.33. The molecule has 6 heteroatoms. The molecule has 1 atom stereocenters. The highest BCUT2D eigenvalue weighted by Crippen LogP contribution is 2.24. The third-order valence-corrected chi connectivity index (χ3v) is 4.36. The lowest BCUT2D eigenvalue weighted by atomic mass is 9.97. The Kier molecular flexibility index (Phi) is 6.39. The average molecular weight is 341 g/mol. The number of likely N-dealkylation sites (tertiary alicyclic amines) is 1. The summed E-state index contributed by atoms with van der Waals surface area (Å²) < 4.78 is 13.9. The van der Waals surface area contributed by atoms with Gasteiger partial charge in [-0.2, -0.15) is 0 Å². The summed E-state index contributed by atoms with van der Waals surface area (Å²) in [6.45, 7) is 3.60. The van der Waals surface area contributed by atoms with Gasteiger partial charge in [0.2, 0.25) is 5.91 Å². The van der Waals surface area contributed by atoms with Gasteiger partial charge >= 0.3 is 0 Å². The van der Waals surface area contributed by atoms with E-state index < -0.39 is 5.82 Å². The number of piperidine rings is 1. The van der Waals surface area contributed by atoms with Gasteiger partial charge in [-0.3, -0.25) is 9.59 Å². The highest BCUT2D eigenvalue weighted by atomic mass is 35.5. The predicted molar refractivity (Wildman–Crippen MR) is 88.0 cm³/mol. The first-order valence-electron chi connectivity index (χ1n) is 8.03. The van der Waals surface area contributed by atoms with Crippen molar-refractivity contribution in [1.82, 2.24) is 10.2 Å². The van der Waals surface area contributed by atoms with Crippen molar-refractivity contribution in [2.24, 2.45) is 5.92 Å². The van der Waals surface area contributed by atoms with Gasteiger partial charge in [-0.15, -0.1) is 0 Å². The fourth-order valence-electron chi connectivity index (χ4n) is 2.85. The molecule has 0 spiro atoms. The number of carbonyl (C=O) groups excluding carboxylic acids is 2. The van der Waals surface area contributed by atoms with Crippen LogP contribution in [0, 0.1) is 11.7 Å². The monoisotopic (exact) mass is 340 g/mol. The second-order valence-corrected chi connectivity index (χ2v) is 6.32. The molecule has 1 N–H and O–H groups in total. The van der Waals surface area contributed by atoms with Crippen molar-refractivity contribution in [3.8, 4) is 0 Å². The minimum atomic E-state index is -0.596. The van der Waals surface area contributed by atoms with Gasteiger partial charge in [0.1, 0.15) is 5.82 Å². The van der Waals surface area contributed by atoms with Crippen molar-refractivity contribution in [3.05, 3.63) is 34.6 Å². The molecule has 1 aromatic rings. The van der Waals surface area contributed by atoms with Crippen molar-refractivity contribution < 1.29 is 14.0 Å². The van der Waals surface area contributed by atoms with Crippen molar-refractivity contribution in [2.45, 2.75) is 32.6 Å². The summed E-state index contributed by atoms with van der Waals surface area (Å²) >= 11 is 5.97. The van der Waals surface area contributed by atoms with E-state index in [0.717, 1.165) is 19.3 Å². The molecule has 0 radical (unpaired) electrons. The number of halogens is 2. The standard InChI is InChI=1S/C17H22ClFN2O2/c1-2-5-15(22)20-10-12-6-4-9-21(11-12)17(23)16-13(18)7-3-8-14(16)19/h3,7-8,12H,2,4-6,9-11H2,1H3,(H,20,22)/t12-/m1/s1. The van der Waals surface area contributed by atoms with E-state index in [-0.39, 0.29) is 28.3 Å². The molecule has 0 bridgehead atoms. The van der Waals surface area contributed by atoms with Gasteiger partial charge in [0.15, 0.2) is 0 Å². The largest absolute Gasteiger partial charge is 0.356 e. The zero-order chi connectivity index (χ0) is 16.8. The predicted octanol–water partition coefficient (Wildman–Crippen LogP) is 3.25. The van der Waals surface area contributed by atoms with Crippen LogP contribution in [-0.2, 0) is 4.79 Å². The second kappa shape index (κ2) is 8.29. The average Bonchev–Trinajstić information content (AvgIpc) is 2.53. The van der Waals surface area contributed by atoms with E-state index >= 15 is 0 Å². The van der Waals surface area contributed by atoms with Crippen LogP contribution in [0.5, 0.6) is 0 Å². The number of nitrogens with zero attached hydrogens (tertiary/aromatic N) is 1. The second-order valence-electron chi connectivity index (χ2n) is 5.91. The van der Waals surface area contributed by atoms with E-state index in [9.17, 15) is 14.0 Å². The summed E-state index contributed by atoms with van der Waals surface area (Å²) in [5, 5.41) is 3.03. The van der Waals surface area contributed by atoms with Crippen LogP contribution in [0.3, 0.4) is 0 Å². The summed E-state index contributed by atoms with van der Waals surface area (Å²) in [5.74, 6) is -0.745. The van der Waals surface area contributed by atoms with Crippen LogP contribution in [0.1, 0.15) is 43.0 Å². The van der Waals surface area contributed by atoms with Gasteiger partial charge in [0, 0.05) is 26.1 Å². The van der Waals surface area contributed by atoms with E-state index in [2.05, 4.69) is 5.32 Å². The lowest BCUT2D eigenvalue weighted by Crippen LogP contribution is -2.44. The Morgan fingerprint density at radius 1 is 1.43 bits per heavy atom. The Hall–Kier alpha value is -1.62. The number of carbonyl (C=O) groups is 2. The van der Waals surface area contributed by atoms with Gasteiger partial charge in [-0.05, 0) is 37.3 Å². The quantitative estimate of drug-likeness (QED) is 0.894. The summed E-state index contributed by atoms with van der Waals surface area (Å²) in [4.78, 5) is 25.7. The summed E-state index contributed by atoms with van der Waals surface area (Å²) in [5.41, 5.74) is -0.0650. The SMILES string of the molecule is CCCC(=O)NC[C@H]1CCCN(C(=O)c2c(F)cccc2Cl)C1. The Morgan fingerprint density at radius 3 is 2.91 bits per heavy atom. The molecule has 0 saturated carbocycles. The molecule has 0 unspecified atom stereocenters. The van der Waals surface area contributed by atoms with Crippen molar-refractivity contribution in [3.63, 3.8) is 0 Å². The fourth-order valence-corrected chi connectivity index (χ4v) is 3.09. The Morgan fingerprint density at radius 2 is 2.22 bits per heavy atom. The third-order valence-electron chi connectivity index (χ3n) is 4.05. The normalized spacial score (nSPS) is 17.9. The number of amides is 2. The Bertz CT molecular complexity index is 559. The zero-order valence-corrected chi connectivity index (χ0v) is 14.0. The van der Waals surface area contributed by atoms with Crippen molar-refractivity contribution >= 4 is 23.4 Å². The molecule has 1 aromatic carbocycles. The highest BCUT2D eigenvalue weighted by molar-refractivity contribution is 6.33. The van der Waals surface area contributed by atoms with Crippen molar-refractivity contribution in [2.75, 3.05) is 19.6 Å². The first kappa shape index (κ1) is 17.7. The van der Waals surface area contributed by atoms with Gasteiger partial charge < -0.3 is 10.2 Å². The molecule has 2 amide bonds. The summed E-state index contributed by atoms with van der Waals surface area (Å²) in [6.07, 6.45) is 3.11. The number of hydrogen-bond donors (Lipinski definition) is 1. The molecular formula is C17H22ClFN2O2. The molecule has 1 saturated heterocycles. The molecule has 1 fully saturated rings. The van der Waals surface area contributed by atoms with E-state index in [1.54, 1.807) is 4.90 Å². The molecule has 4 nitrogen and oxygen atoms in total. The fraction of sp³-hybridized carbons (Fsp3) is 0.529. The molecule has 0 aliphatic carbocycles. The van der Waals surface area contributed by atoms with Gasteiger partial charge in [-0.25, -0.2) is 4.39 Å². The van der Waals surface area contributed by atoms with Crippen LogP contribution in [0.15, 0.2) is 18.2 Å². The van der Waals surface area contributed by atoms with Gasteiger partial charge in [0.05, 0.1) is 10.6 Å². The Balaban J connectivity index is 1.98. The zero-order valence-electron chi connectivity index (χ0n) is 13.3. The maximum atomic E-state index is 13.9. The Labute approximate surface area is 141 Å². The first-order valence-corrected chi connectivity index (χ1v) is 8.40. The van der Waals surface area contributed by atoms with Gasteiger partial charge in [-0.1, -0.05) is 24.6 Å². The topological polar surface area (TPSA) is 49.4 Å². The number of nitrogens with one attached hydrogen (secondary N) is 1. The molecular weight excluding hydrogens is 319 g/mol. The number of benzene rings is 1. The number of hydrogen-bond acceptors (Lipinski definition) is 2. The molecule has 23 heavy (non-hydrogen) atoms. The van der Waals surface area contributed by atoms with Crippen molar-refractivity contribution in [1.29, 1.82) is 0 Å². The molecule has 0 aromatic heterocycles.